The SMILES string of the molecule is O=C(O)c1ccc(-c2ccccc2)cc1C(=O)NCNOCc1cc(-c2ccccc2)ccc1COO. The molecular formula is C29H26N2O6. The van der Waals surface area contributed by atoms with Crippen LogP contribution in [0.25, 0.3) is 22.3 Å². The van der Waals surface area contributed by atoms with Crippen LogP contribution < -0.4 is 10.8 Å². The third-order valence-electron chi connectivity index (χ3n) is 5.79. The molecule has 4 rings (SSSR count). The predicted octanol–water partition coefficient (Wildman–Crippen LogP) is 5.12. The molecule has 0 aromatic heterocycles. The number of benzene rings is 4. The predicted molar refractivity (Wildman–Crippen MR) is 138 cm³/mol. The molecule has 0 saturated heterocycles. The van der Waals surface area contributed by atoms with Crippen molar-refractivity contribution in [1.29, 1.82) is 0 Å². The summed E-state index contributed by atoms with van der Waals surface area (Å²) in [6, 6.07) is 29.6. The van der Waals surface area contributed by atoms with Crippen LogP contribution in [-0.4, -0.2) is 28.9 Å². The van der Waals surface area contributed by atoms with E-state index < -0.39 is 11.9 Å². The number of rotatable bonds is 11. The third kappa shape index (κ3) is 6.66. The number of carbonyl (C=O) groups is 2. The quantitative estimate of drug-likeness (QED) is 0.0982. The lowest BCUT2D eigenvalue weighted by Gasteiger charge is -2.13. The fourth-order valence-electron chi connectivity index (χ4n) is 3.90. The number of carboxylic acid groups (broad SMARTS) is 1. The van der Waals surface area contributed by atoms with E-state index in [1.165, 1.54) is 6.07 Å². The van der Waals surface area contributed by atoms with E-state index in [2.05, 4.69) is 15.7 Å². The van der Waals surface area contributed by atoms with E-state index in [9.17, 15) is 14.7 Å². The van der Waals surface area contributed by atoms with Crippen LogP contribution in [0.2, 0.25) is 0 Å². The summed E-state index contributed by atoms with van der Waals surface area (Å²) in [5.74, 6) is -1.74. The van der Waals surface area contributed by atoms with Crippen LogP contribution in [0, 0.1) is 0 Å². The lowest BCUT2D eigenvalue weighted by Crippen LogP contribution is -2.34. The Bertz CT molecular complexity index is 1360. The molecule has 0 spiro atoms. The molecule has 0 heterocycles. The number of carbonyl (C=O) groups excluding carboxylic acids is 1. The smallest absolute Gasteiger partial charge is 0.336 e. The van der Waals surface area contributed by atoms with Gasteiger partial charge in [-0.05, 0) is 51.6 Å². The highest BCUT2D eigenvalue weighted by atomic mass is 17.1. The van der Waals surface area contributed by atoms with Crippen LogP contribution in [0.4, 0.5) is 0 Å². The van der Waals surface area contributed by atoms with Gasteiger partial charge < -0.3 is 10.4 Å². The van der Waals surface area contributed by atoms with E-state index in [1.807, 2.05) is 78.9 Å². The van der Waals surface area contributed by atoms with Crippen molar-refractivity contribution in [3.63, 3.8) is 0 Å². The van der Waals surface area contributed by atoms with Crippen LogP contribution in [0.5, 0.6) is 0 Å². The van der Waals surface area contributed by atoms with E-state index in [4.69, 9.17) is 10.1 Å². The lowest BCUT2D eigenvalue weighted by molar-refractivity contribution is -0.253. The zero-order chi connectivity index (χ0) is 26.0. The summed E-state index contributed by atoms with van der Waals surface area (Å²) >= 11 is 0. The summed E-state index contributed by atoms with van der Waals surface area (Å²) < 4.78 is 0. The second-order valence-corrected chi connectivity index (χ2v) is 8.17. The van der Waals surface area contributed by atoms with Gasteiger partial charge in [0.1, 0.15) is 6.61 Å². The minimum atomic E-state index is -1.19. The molecule has 0 unspecified atom stereocenters. The maximum atomic E-state index is 12.8. The maximum Gasteiger partial charge on any atom is 0.336 e. The van der Waals surface area contributed by atoms with E-state index in [0.29, 0.717) is 0 Å². The Balaban J connectivity index is 1.39. The molecule has 4 aromatic carbocycles. The van der Waals surface area contributed by atoms with Gasteiger partial charge in [-0.25, -0.2) is 9.68 Å². The minimum absolute atomic E-state index is 0.000217. The molecule has 0 saturated carbocycles. The van der Waals surface area contributed by atoms with Crippen LogP contribution >= 0.6 is 0 Å². The monoisotopic (exact) mass is 498 g/mol. The molecule has 0 atom stereocenters. The van der Waals surface area contributed by atoms with Crippen LogP contribution in [0.1, 0.15) is 31.8 Å². The van der Waals surface area contributed by atoms with Crippen molar-refractivity contribution in [1.82, 2.24) is 10.8 Å². The van der Waals surface area contributed by atoms with Gasteiger partial charge >= 0.3 is 5.97 Å². The zero-order valence-electron chi connectivity index (χ0n) is 19.9. The van der Waals surface area contributed by atoms with Gasteiger partial charge in [0.2, 0.25) is 0 Å². The van der Waals surface area contributed by atoms with Crippen LogP contribution in [-0.2, 0) is 22.9 Å². The standard InChI is InChI=1S/C29H26N2O6/c32-28(27-16-23(13-14-26(27)29(33)34)21-9-5-2-6-10-21)30-19-31-36-17-25-15-22(11-12-24(25)18-37-35)20-7-3-1-4-8-20/h1-16,31,35H,17-19H2,(H,30,32)(H,33,34). The van der Waals surface area contributed by atoms with Crippen molar-refractivity contribution in [2.75, 3.05) is 6.67 Å². The molecule has 37 heavy (non-hydrogen) atoms. The fraction of sp³-hybridized carbons (Fsp3) is 0.103. The highest BCUT2D eigenvalue weighted by Crippen LogP contribution is 2.24. The molecule has 8 nitrogen and oxygen atoms in total. The molecule has 4 N–H and O–H groups in total. The second-order valence-electron chi connectivity index (χ2n) is 8.17. The molecule has 0 radical (unpaired) electrons. The van der Waals surface area contributed by atoms with E-state index in [-0.39, 0.29) is 31.0 Å². The van der Waals surface area contributed by atoms with Crippen molar-refractivity contribution in [2.45, 2.75) is 13.2 Å². The summed E-state index contributed by atoms with van der Waals surface area (Å²) in [6.07, 6.45) is 0. The van der Waals surface area contributed by atoms with Gasteiger partial charge in [0, 0.05) is 0 Å². The largest absolute Gasteiger partial charge is 0.478 e. The molecule has 0 bridgehead atoms. The molecule has 0 aliphatic rings. The summed E-state index contributed by atoms with van der Waals surface area (Å²) in [6.45, 7) is 0.0803. The number of carboxylic acids is 1. The maximum absolute atomic E-state index is 12.8. The number of hydrogen-bond acceptors (Lipinski definition) is 6. The summed E-state index contributed by atoms with van der Waals surface area (Å²) in [4.78, 5) is 34.3. The first kappa shape index (κ1) is 25.7. The number of aromatic carboxylic acids is 1. The molecule has 0 aliphatic carbocycles. The number of nitrogens with one attached hydrogen (secondary N) is 2. The lowest BCUT2D eigenvalue weighted by atomic mass is 9.98. The van der Waals surface area contributed by atoms with Crippen LogP contribution in [0.3, 0.4) is 0 Å². The molecule has 8 heteroatoms. The zero-order valence-corrected chi connectivity index (χ0v) is 19.9. The van der Waals surface area contributed by atoms with Gasteiger partial charge in [-0.15, -0.1) is 0 Å². The molecule has 188 valence electrons. The normalized spacial score (nSPS) is 10.7. The Kier molecular flexibility index (Phi) is 8.75. The first-order chi connectivity index (χ1) is 18.1. The van der Waals surface area contributed by atoms with Gasteiger partial charge in [-0.1, -0.05) is 78.9 Å². The van der Waals surface area contributed by atoms with Gasteiger partial charge in [0.25, 0.3) is 5.91 Å². The van der Waals surface area contributed by atoms with Gasteiger partial charge in [0.15, 0.2) is 0 Å². The van der Waals surface area contributed by atoms with Crippen molar-refractivity contribution in [3.8, 4) is 22.3 Å². The molecule has 0 aliphatic heterocycles. The first-order valence-electron chi connectivity index (χ1n) is 11.6. The molecular weight excluding hydrogens is 472 g/mol. The highest BCUT2D eigenvalue weighted by Gasteiger charge is 2.17. The van der Waals surface area contributed by atoms with Gasteiger partial charge in [-0.3, -0.25) is 14.9 Å². The average Bonchev–Trinajstić information content (AvgIpc) is 2.94. The summed E-state index contributed by atoms with van der Waals surface area (Å²) in [7, 11) is 0. The van der Waals surface area contributed by atoms with E-state index in [1.54, 1.807) is 12.1 Å². The Hall–Kier alpha value is -4.34. The minimum Gasteiger partial charge on any atom is -0.478 e. The summed E-state index contributed by atoms with van der Waals surface area (Å²) in [5.41, 5.74) is 7.79. The highest BCUT2D eigenvalue weighted by molar-refractivity contribution is 6.05. The fourth-order valence-corrected chi connectivity index (χ4v) is 3.90. The van der Waals surface area contributed by atoms with E-state index >= 15 is 0 Å². The topological polar surface area (TPSA) is 117 Å². The van der Waals surface area contributed by atoms with E-state index in [0.717, 1.165) is 33.4 Å². The number of hydrogen-bond donors (Lipinski definition) is 4. The van der Waals surface area contributed by atoms with Gasteiger partial charge in [0.05, 0.1) is 24.4 Å². The average molecular weight is 499 g/mol. The molecule has 4 aromatic rings. The van der Waals surface area contributed by atoms with Crippen molar-refractivity contribution >= 4 is 11.9 Å². The van der Waals surface area contributed by atoms with Crippen molar-refractivity contribution in [2.24, 2.45) is 0 Å². The number of hydroxylamine groups is 1. The molecule has 1 amide bonds. The third-order valence-corrected chi connectivity index (χ3v) is 5.79. The van der Waals surface area contributed by atoms with Crippen molar-refractivity contribution < 1.29 is 29.7 Å². The Morgan fingerprint density at radius 3 is 1.92 bits per heavy atom. The number of amides is 1. The van der Waals surface area contributed by atoms with Gasteiger partial charge in [-0.2, -0.15) is 5.48 Å². The summed E-state index contributed by atoms with van der Waals surface area (Å²) in [5, 5.41) is 21.1. The second kappa shape index (κ2) is 12.6. The Labute approximate surface area is 214 Å². The first-order valence-corrected chi connectivity index (χ1v) is 11.6. The Morgan fingerprint density at radius 1 is 0.676 bits per heavy atom. The Morgan fingerprint density at radius 2 is 1.30 bits per heavy atom. The van der Waals surface area contributed by atoms with Crippen LogP contribution in [0.15, 0.2) is 97.1 Å². The van der Waals surface area contributed by atoms with Crippen molar-refractivity contribution in [3.05, 3.63) is 119 Å². The molecule has 0 fully saturated rings.